The summed E-state index contributed by atoms with van der Waals surface area (Å²) in [7, 11) is 1.62. The average molecular weight is 613 g/mol. The van der Waals surface area contributed by atoms with Crippen LogP contribution in [0.5, 0.6) is 5.75 Å². The predicted molar refractivity (Wildman–Crippen MR) is 158 cm³/mol. The van der Waals surface area contributed by atoms with Crippen molar-refractivity contribution in [2.24, 2.45) is 17.3 Å². The number of carbonyl (C=O) groups is 1. The summed E-state index contributed by atoms with van der Waals surface area (Å²) in [6, 6.07) is 15.5. The van der Waals surface area contributed by atoms with Gasteiger partial charge in [-0.25, -0.2) is 0 Å². The Bertz CT molecular complexity index is 1520. The van der Waals surface area contributed by atoms with Gasteiger partial charge in [0.25, 0.3) is 0 Å². The van der Waals surface area contributed by atoms with Gasteiger partial charge < -0.3 is 9.84 Å². The van der Waals surface area contributed by atoms with Crippen LogP contribution in [0.2, 0.25) is 0 Å². The highest BCUT2D eigenvalue weighted by Crippen LogP contribution is 2.70. The molecule has 0 aliphatic heterocycles. The van der Waals surface area contributed by atoms with Crippen molar-refractivity contribution in [3.8, 4) is 5.75 Å². The van der Waals surface area contributed by atoms with Crippen LogP contribution in [0.3, 0.4) is 0 Å². The zero-order chi connectivity index (χ0) is 31.5. The van der Waals surface area contributed by atoms with Gasteiger partial charge in [0.2, 0.25) is 0 Å². The summed E-state index contributed by atoms with van der Waals surface area (Å²) in [5.41, 5.74) is 1.11. The Balaban J connectivity index is 1.36. The van der Waals surface area contributed by atoms with Crippen molar-refractivity contribution in [1.82, 2.24) is 0 Å². The Morgan fingerprint density at radius 3 is 2.34 bits per heavy atom. The van der Waals surface area contributed by atoms with E-state index in [0.717, 1.165) is 39.2 Å². The molecule has 0 heterocycles. The van der Waals surface area contributed by atoms with E-state index in [2.05, 4.69) is 0 Å². The predicted octanol–water partition coefficient (Wildman–Crippen LogP) is 8.78. The molecule has 2 aromatic rings. The number of rotatable bonds is 6. The van der Waals surface area contributed by atoms with Crippen molar-refractivity contribution in [2.45, 2.75) is 81.9 Å². The molecule has 234 valence electrons. The summed E-state index contributed by atoms with van der Waals surface area (Å²) in [4.78, 5) is 12.3. The van der Waals surface area contributed by atoms with Crippen LogP contribution in [0.1, 0.15) is 74.5 Å². The third-order valence-corrected chi connectivity index (χ3v) is 10.9. The van der Waals surface area contributed by atoms with Gasteiger partial charge in [-0.2, -0.15) is 22.0 Å². The lowest BCUT2D eigenvalue weighted by molar-refractivity contribution is -0.362. The lowest BCUT2D eigenvalue weighted by Gasteiger charge is -2.56. The van der Waals surface area contributed by atoms with E-state index in [9.17, 15) is 23.1 Å². The third kappa shape index (κ3) is 4.84. The highest BCUT2D eigenvalue weighted by atomic mass is 19.4. The first kappa shape index (κ1) is 30.8. The van der Waals surface area contributed by atoms with Gasteiger partial charge in [-0.15, -0.1) is 0 Å². The molecule has 0 aromatic heterocycles. The number of carbonyl (C=O) groups excluding carboxylic acids is 1. The largest absolute Gasteiger partial charge is 0.497 e. The molecule has 0 saturated heterocycles. The first-order chi connectivity index (χ1) is 20.8. The van der Waals surface area contributed by atoms with Crippen LogP contribution < -0.4 is 4.74 Å². The summed E-state index contributed by atoms with van der Waals surface area (Å²) in [5, 5.41) is 11.4. The summed E-state index contributed by atoms with van der Waals surface area (Å²) in [6.45, 7) is 1.45. The van der Waals surface area contributed by atoms with Crippen LogP contribution in [0.15, 0.2) is 77.4 Å². The maximum Gasteiger partial charge on any atom is 0.456 e. The van der Waals surface area contributed by atoms with Crippen LogP contribution in [-0.4, -0.2) is 35.7 Å². The number of alkyl halides is 5. The maximum absolute atomic E-state index is 15.2. The van der Waals surface area contributed by atoms with E-state index in [-0.39, 0.29) is 24.5 Å². The Kier molecular flexibility index (Phi) is 7.67. The molecule has 1 N–H and O–H groups in total. The fourth-order valence-electron chi connectivity index (χ4n) is 8.65. The van der Waals surface area contributed by atoms with Crippen molar-refractivity contribution in [3.05, 3.63) is 94.1 Å². The number of methoxy groups -OCH3 is 1. The van der Waals surface area contributed by atoms with Crippen LogP contribution in [0.25, 0.3) is 6.08 Å². The quantitative estimate of drug-likeness (QED) is 0.332. The molecular weight excluding hydrogens is 575 g/mol. The molecule has 0 unspecified atom stereocenters. The zero-order valence-corrected chi connectivity index (χ0v) is 24.9. The number of hydrogen-bond acceptors (Lipinski definition) is 3. The molecule has 2 fully saturated rings. The molecule has 4 aliphatic carbocycles. The SMILES string of the molecule is COc1ccc(C/C=C/c2ccc([C@H]3C[C@@]4(C)[C@@H](CC[C@@]4(O)C(F)(F)C(F)(F)F)[C@@H]4CCC5=CC(=O)CCC5=C43)cc2)cc1. The molecule has 0 amide bonds. The Morgan fingerprint density at radius 1 is 0.977 bits per heavy atom. The molecule has 0 spiro atoms. The molecule has 3 nitrogen and oxygen atoms in total. The monoisotopic (exact) mass is 612 g/mol. The van der Waals surface area contributed by atoms with E-state index in [4.69, 9.17) is 4.74 Å². The lowest BCUT2D eigenvalue weighted by atomic mass is 9.50. The second-order valence-corrected chi connectivity index (χ2v) is 13.1. The number of fused-ring (bicyclic) bond motifs is 4. The second-order valence-electron chi connectivity index (χ2n) is 13.1. The van der Waals surface area contributed by atoms with Gasteiger partial charge in [0.1, 0.15) is 11.4 Å². The Morgan fingerprint density at radius 2 is 1.68 bits per heavy atom. The van der Waals surface area contributed by atoms with Gasteiger partial charge in [0.05, 0.1) is 7.11 Å². The standard InChI is InChI=1S/C36H37F5O3/c1-33-21-30(24-10-6-22(7-11-24)4-3-5-23-8-14-27(44-2)15-9-23)32-28-17-13-26(42)20-25(28)12-16-29(32)31(33)18-19-34(33,43)35(37,38)36(39,40)41/h3-4,6-11,14-15,20,29-31,43H,5,12-13,16-19,21H2,1-2H3/b4-3+/t29-,30+,31-,33-,34-/m0/s1. The highest BCUT2D eigenvalue weighted by molar-refractivity contribution is 5.93. The summed E-state index contributed by atoms with van der Waals surface area (Å²) < 4.78 is 76.9. The van der Waals surface area contributed by atoms with Gasteiger partial charge in [-0.1, -0.05) is 61.0 Å². The van der Waals surface area contributed by atoms with Crippen molar-refractivity contribution in [1.29, 1.82) is 0 Å². The number of ether oxygens (including phenoxy) is 1. The molecule has 8 heteroatoms. The maximum atomic E-state index is 15.2. The molecule has 44 heavy (non-hydrogen) atoms. The summed E-state index contributed by atoms with van der Waals surface area (Å²) >= 11 is 0. The highest BCUT2D eigenvalue weighted by Gasteiger charge is 2.79. The number of ketones is 1. The average Bonchev–Trinajstić information content (AvgIpc) is 3.28. The fourth-order valence-corrected chi connectivity index (χ4v) is 8.65. The zero-order valence-electron chi connectivity index (χ0n) is 24.9. The molecule has 2 saturated carbocycles. The van der Waals surface area contributed by atoms with Gasteiger partial charge >= 0.3 is 12.1 Å². The van der Waals surface area contributed by atoms with Crippen LogP contribution in [0.4, 0.5) is 22.0 Å². The van der Waals surface area contributed by atoms with E-state index in [0.29, 0.717) is 32.1 Å². The Labute approximate surface area is 254 Å². The summed E-state index contributed by atoms with van der Waals surface area (Å²) in [6.07, 6.45) is 2.09. The molecule has 2 aromatic carbocycles. The molecule has 0 bridgehead atoms. The number of aliphatic hydroxyl groups is 1. The topological polar surface area (TPSA) is 46.5 Å². The van der Waals surface area contributed by atoms with E-state index in [1.165, 1.54) is 6.92 Å². The first-order valence-electron chi connectivity index (χ1n) is 15.3. The number of hydrogen-bond donors (Lipinski definition) is 1. The van der Waals surface area contributed by atoms with Crippen LogP contribution in [0, 0.1) is 17.3 Å². The van der Waals surface area contributed by atoms with Gasteiger partial charge in [0.15, 0.2) is 5.78 Å². The van der Waals surface area contributed by atoms with Crippen molar-refractivity contribution < 1.29 is 36.6 Å². The second kappa shape index (κ2) is 11.0. The number of halogens is 5. The van der Waals surface area contributed by atoms with E-state index >= 15 is 8.78 Å². The molecule has 4 aliphatic rings. The molecular formula is C36H37F5O3. The number of allylic oxidation sites excluding steroid dienone is 5. The fraction of sp³-hybridized carbons (Fsp3) is 0.472. The van der Waals surface area contributed by atoms with Gasteiger partial charge in [-0.05, 0) is 103 Å². The number of benzene rings is 2. The van der Waals surface area contributed by atoms with Crippen molar-refractivity contribution in [2.75, 3.05) is 7.11 Å². The molecule has 0 radical (unpaired) electrons. The third-order valence-electron chi connectivity index (χ3n) is 10.9. The smallest absolute Gasteiger partial charge is 0.456 e. The first-order valence-corrected chi connectivity index (χ1v) is 15.3. The van der Waals surface area contributed by atoms with Gasteiger partial charge in [0, 0.05) is 17.8 Å². The Hall–Kier alpha value is -3.26. The van der Waals surface area contributed by atoms with E-state index < -0.39 is 41.4 Å². The lowest BCUT2D eigenvalue weighted by Crippen LogP contribution is -2.65. The minimum absolute atomic E-state index is 0.0247. The van der Waals surface area contributed by atoms with Crippen LogP contribution >= 0.6 is 0 Å². The summed E-state index contributed by atoms with van der Waals surface area (Å²) in [5.74, 6) is -5.59. The van der Waals surface area contributed by atoms with Crippen LogP contribution in [-0.2, 0) is 11.2 Å². The molecule has 5 atom stereocenters. The van der Waals surface area contributed by atoms with E-state index in [1.54, 1.807) is 13.2 Å². The normalized spacial score (nSPS) is 30.6. The van der Waals surface area contributed by atoms with E-state index in [1.807, 2.05) is 60.7 Å². The van der Waals surface area contributed by atoms with Gasteiger partial charge in [-0.3, -0.25) is 4.79 Å². The van der Waals surface area contributed by atoms with Crippen molar-refractivity contribution >= 4 is 11.9 Å². The molecule has 6 rings (SSSR count). The minimum atomic E-state index is -5.86. The minimum Gasteiger partial charge on any atom is -0.497 e. The van der Waals surface area contributed by atoms with Crippen molar-refractivity contribution in [3.63, 3.8) is 0 Å².